The second-order valence-corrected chi connectivity index (χ2v) is 4.83. The van der Waals surface area contributed by atoms with Gasteiger partial charge in [-0.15, -0.1) is 0 Å². The molecule has 1 amide bonds. The fourth-order valence-corrected chi connectivity index (χ4v) is 2.35. The van der Waals surface area contributed by atoms with Crippen molar-refractivity contribution in [1.29, 1.82) is 0 Å². The molecular weight excluding hydrogens is 228 g/mol. The molecule has 2 rings (SSSR count). The number of ether oxygens (including phenoxy) is 1. The third kappa shape index (κ3) is 2.48. The molecule has 18 heavy (non-hydrogen) atoms. The standard InChI is InChI=1S/C14H20N2O2/c1-10-3-4-12(7-13(10)18-2)14(17)16-6-5-11(8-15)9-16/h3-4,7,11H,5-6,8-9,15H2,1-2H3. The van der Waals surface area contributed by atoms with E-state index in [9.17, 15) is 4.79 Å². The van der Waals surface area contributed by atoms with E-state index >= 15 is 0 Å². The van der Waals surface area contributed by atoms with Crippen molar-refractivity contribution in [3.8, 4) is 5.75 Å². The third-order valence-electron chi connectivity index (χ3n) is 3.56. The summed E-state index contributed by atoms with van der Waals surface area (Å²) in [6.07, 6.45) is 1.01. The Kier molecular flexibility index (Phi) is 3.87. The zero-order valence-corrected chi connectivity index (χ0v) is 11.0. The SMILES string of the molecule is COc1cc(C(=O)N2CCC(CN)C2)ccc1C. The molecule has 1 aliphatic rings. The fraction of sp³-hybridized carbons (Fsp3) is 0.500. The minimum absolute atomic E-state index is 0.0734. The van der Waals surface area contributed by atoms with Crippen LogP contribution < -0.4 is 10.5 Å². The molecule has 4 heteroatoms. The van der Waals surface area contributed by atoms with Crippen molar-refractivity contribution >= 4 is 5.91 Å². The van der Waals surface area contributed by atoms with E-state index in [0.717, 1.165) is 30.8 Å². The Balaban J connectivity index is 2.14. The molecule has 2 N–H and O–H groups in total. The van der Waals surface area contributed by atoms with Crippen molar-refractivity contribution in [1.82, 2.24) is 4.90 Å². The molecule has 1 aromatic carbocycles. The van der Waals surface area contributed by atoms with Crippen molar-refractivity contribution < 1.29 is 9.53 Å². The first-order valence-corrected chi connectivity index (χ1v) is 6.29. The molecule has 0 saturated carbocycles. The van der Waals surface area contributed by atoms with Gasteiger partial charge in [0.15, 0.2) is 0 Å². The number of hydrogen-bond acceptors (Lipinski definition) is 3. The molecule has 1 saturated heterocycles. The fourth-order valence-electron chi connectivity index (χ4n) is 2.35. The average molecular weight is 248 g/mol. The number of rotatable bonds is 3. The molecule has 0 aromatic heterocycles. The van der Waals surface area contributed by atoms with Crippen LogP contribution in [-0.4, -0.2) is 37.6 Å². The predicted octanol–water partition coefficient (Wildman–Crippen LogP) is 1.42. The zero-order chi connectivity index (χ0) is 13.1. The maximum Gasteiger partial charge on any atom is 0.253 e. The molecule has 1 fully saturated rings. The molecule has 98 valence electrons. The van der Waals surface area contributed by atoms with Gasteiger partial charge in [-0.05, 0) is 43.5 Å². The highest BCUT2D eigenvalue weighted by Crippen LogP contribution is 2.22. The van der Waals surface area contributed by atoms with E-state index in [4.69, 9.17) is 10.5 Å². The van der Waals surface area contributed by atoms with Crippen molar-refractivity contribution in [3.05, 3.63) is 29.3 Å². The summed E-state index contributed by atoms with van der Waals surface area (Å²) in [5.41, 5.74) is 7.37. The lowest BCUT2D eigenvalue weighted by atomic mass is 10.1. The maximum absolute atomic E-state index is 12.3. The summed E-state index contributed by atoms with van der Waals surface area (Å²) in [7, 11) is 1.62. The van der Waals surface area contributed by atoms with E-state index in [0.29, 0.717) is 18.0 Å². The highest BCUT2D eigenvalue weighted by Gasteiger charge is 2.26. The summed E-state index contributed by atoms with van der Waals surface area (Å²) >= 11 is 0. The van der Waals surface area contributed by atoms with Gasteiger partial charge in [-0.25, -0.2) is 0 Å². The number of amides is 1. The van der Waals surface area contributed by atoms with Gasteiger partial charge in [0.25, 0.3) is 5.91 Å². The molecule has 0 radical (unpaired) electrons. The second kappa shape index (κ2) is 5.40. The minimum atomic E-state index is 0.0734. The van der Waals surface area contributed by atoms with Crippen LogP contribution in [0.1, 0.15) is 22.3 Å². The van der Waals surface area contributed by atoms with Gasteiger partial charge in [0.05, 0.1) is 7.11 Å². The van der Waals surface area contributed by atoms with Crippen molar-refractivity contribution in [2.24, 2.45) is 11.7 Å². The van der Waals surface area contributed by atoms with Crippen LogP contribution in [0.4, 0.5) is 0 Å². The Morgan fingerprint density at radius 1 is 1.56 bits per heavy atom. The van der Waals surface area contributed by atoms with Gasteiger partial charge < -0.3 is 15.4 Å². The van der Waals surface area contributed by atoms with Gasteiger partial charge in [0, 0.05) is 18.7 Å². The first-order valence-electron chi connectivity index (χ1n) is 6.29. The van der Waals surface area contributed by atoms with Crippen LogP contribution in [0.15, 0.2) is 18.2 Å². The number of methoxy groups -OCH3 is 1. The maximum atomic E-state index is 12.3. The lowest BCUT2D eigenvalue weighted by Gasteiger charge is -2.17. The number of aryl methyl sites for hydroxylation is 1. The topological polar surface area (TPSA) is 55.6 Å². The van der Waals surface area contributed by atoms with Gasteiger partial charge in [-0.1, -0.05) is 6.07 Å². The average Bonchev–Trinajstić information content (AvgIpc) is 2.87. The van der Waals surface area contributed by atoms with Crippen LogP contribution >= 0.6 is 0 Å². The molecule has 1 heterocycles. The minimum Gasteiger partial charge on any atom is -0.496 e. The number of carbonyl (C=O) groups excluding carboxylic acids is 1. The molecule has 0 bridgehead atoms. The van der Waals surface area contributed by atoms with Crippen LogP contribution in [0.3, 0.4) is 0 Å². The van der Waals surface area contributed by atoms with Crippen LogP contribution in [0, 0.1) is 12.8 Å². The van der Waals surface area contributed by atoms with Crippen LogP contribution in [0.5, 0.6) is 5.75 Å². The van der Waals surface area contributed by atoms with Gasteiger partial charge in [-0.3, -0.25) is 4.79 Å². The van der Waals surface area contributed by atoms with Gasteiger partial charge >= 0.3 is 0 Å². The number of nitrogens with zero attached hydrogens (tertiary/aromatic N) is 1. The summed E-state index contributed by atoms with van der Waals surface area (Å²) in [5.74, 6) is 1.28. The summed E-state index contributed by atoms with van der Waals surface area (Å²) in [6.45, 7) is 4.19. The highest BCUT2D eigenvalue weighted by atomic mass is 16.5. The largest absolute Gasteiger partial charge is 0.496 e. The molecule has 1 aromatic rings. The number of nitrogens with two attached hydrogens (primary N) is 1. The Hall–Kier alpha value is -1.55. The van der Waals surface area contributed by atoms with E-state index in [1.54, 1.807) is 7.11 Å². The van der Waals surface area contributed by atoms with E-state index < -0.39 is 0 Å². The summed E-state index contributed by atoms with van der Waals surface area (Å²) in [6, 6.07) is 5.59. The Labute approximate surface area is 108 Å². The van der Waals surface area contributed by atoms with Crippen LogP contribution in [-0.2, 0) is 0 Å². The molecule has 1 aliphatic heterocycles. The van der Waals surface area contributed by atoms with Crippen LogP contribution in [0.2, 0.25) is 0 Å². The number of carbonyl (C=O) groups is 1. The summed E-state index contributed by atoms with van der Waals surface area (Å²) in [4.78, 5) is 14.2. The quantitative estimate of drug-likeness (QED) is 0.880. The van der Waals surface area contributed by atoms with Crippen molar-refractivity contribution in [2.45, 2.75) is 13.3 Å². The van der Waals surface area contributed by atoms with Crippen molar-refractivity contribution in [2.75, 3.05) is 26.7 Å². The van der Waals surface area contributed by atoms with Gasteiger partial charge in [0.1, 0.15) is 5.75 Å². The summed E-state index contributed by atoms with van der Waals surface area (Å²) in [5, 5.41) is 0. The molecule has 1 unspecified atom stereocenters. The van der Waals surface area contributed by atoms with Crippen molar-refractivity contribution in [3.63, 3.8) is 0 Å². The number of benzene rings is 1. The highest BCUT2D eigenvalue weighted by molar-refractivity contribution is 5.95. The normalized spacial score (nSPS) is 19.1. The monoisotopic (exact) mass is 248 g/mol. The first kappa shape index (κ1) is 12.9. The van der Waals surface area contributed by atoms with Gasteiger partial charge in [-0.2, -0.15) is 0 Å². The molecule has 0 spiro atoms. The molecule has 1 atom stereocenters. The lowest BCUT2D eigenvalue weighted by molar-refractivity contribution is 0.0787. The third-order valence-corrected chi connectivity index (χ3v) is 3.56. The molecular formula is C14H20N2O2. The number of likely N-dealkylation sites (tertiary alicyclic amines) is 1. The summed E-state index contributed by atoms with van der Waals surface area (Å²) < 4.78 is 5.25. The second-order valence-electron chi connectivity index (χ2n) is 4.83. The Morgan fingerprint density at radius 3 is 2.94 bits per heavy atom. The van der Waals surface area contributed by atoms with E-state index in [1.165, 1.54) is 0 Å². The lowest BCUT2D eigenvalue weighted by Crippen LogP contribution is -2.29. The zero-order valence-electron chi connectivity index (χ0n) is 11.0. The molecule has 4 nitrogen and oxygen atoms in total. The Morgan fingerprint density at radius 2 is 2.33 bits per heavy atom. The smallest absolute Gasteiger partial charge is 0.253 e. The first-order chi connectivity index (χ1) is 8.65. The number of hydrogen-bond donors (Lipinski definition) is 1. The van der Waals surface area contributed by atoms with Crippen LogP contribution in [0.25, 0.3) is 0 Å². The van der Waals surface area contributed by atoms with E-state index in [1.807, 2.05) is 30.0 Å². The predicted molar refractivity (Wildman–Crippen MR) is 70.8 cm³/mol. The van der Waals surface area contributed by atoms with Gasteiger partial charge in [0.2, 0.25) is 0 Å². The van der Waals surface area contributed by atoms with E-state index in [2.05, 4.69) is 0 Å². The Bertz CT molecular complexity index is 445. The van der Waals surface area contributed by atoms with E-state index in [-0.39, 0.29) is 5.91 Å². The molecule has 0 aliphatic carbocycles.